The van der Waals surface area contributed by atoms with Crippen LogP contribution in [-0.4, -0.2) is 0 Å². The summed E-state index contributed by atoms with van der Waals surface area (Å²) in [5.74, 6) is 5.63. The molecule has 0 saturated heterocycles. The summed E-state index contributed by atoms with van der Waals surface area (Å²) >= 11 is 0. The van der Waals surface area contributed by atoms with Gasteiger partial charge in [-0.25, -0.2) is 0 Å². The molecule has 0 unspecified atom stereocenters. The van der Waals surface area contributed by atoms with Crippen LogP contribution in [0.2, 0.25) is 0 Å². The quantitative estimate of drug-likeness (QED) is 0.376. The van der Waals surface area contributed by atoms with Crippen LogP contribution < -0.4 is 0 Å². The van der Waals surface area contributed by atoms with Crippen LogP contribution in [0.15, 0.2) is 12.2 Å². The molecule has 0 aromatic rings. The van der Waals surface area contributed by atoms with Gasteiger partial charge in [0.05, 0.1) is 0 Å². The Morgan fingerprint density at radius 3 is 2.00 bits per heavy atom. The maximum atomic E-state index is 3.91. The lowest BCUT2D eigenvalue weighted by molar-refractivity contribution is 0.601. The van der Waals surface area contributed by atoms with E-state index in [2.05, 4.69) is 18.4 Å². The van der Waals surface area contributed by atoms with E-state index in [9.17, 15) is 0 Å². The molecule has 0 N–H and O–H groups in total. The summed E-state index contributed by atoms with van der Waals surface area (Å²) in [6, 6.07) is 0. The van der Waals surface area contributed by atoms with Gasteiger partial charge in [-0.1, -0.05) is 25.5 Å². The van der Waals surface area contributed by atoms with Gasteiger partial charge in [-0.15, -0.1) is 11.8 Å². The molecule has 1 fully saturated rings. The van der Waals surface area contributed by atoms with Gasteiger partial charge in [0.2, 0.25) is 0 Å². The van der Waals surface area contributed by atoms with Gasteiger partial charge in [-0.2, -0.15) is 0 Å². The van der Waals surface area contributed by atoms with Crippen molar-refractivity contribution in [3.63, 3.8) is 0 Å². The van der Waals surface area contributed by atoms with E-state index in [0.717, 1.165) is 6.42 Å². The van der Waals surface area contributed by atoms with Crippen LogP contribution in [-0.2, 0) is 0 Å². The van der Waals surface area contributed by atoms with E-state index in [1.54, 1.807) is 0 Å². The molecular formula is C12H20. The predicted octanol–water partition coefficient (Wildman–Crippen LogP) is 3.93. The number of allylic oxidation sites excluding steroid dienone is 1. The first-order chi connectivity index (χ1) is 5.81. The van der Waals surface area contributed by atoms with Gasteiger partial charge in [-0.05, 0) is 32.6 Å². The first kappa shape index (κ1) is 11.3. The van der Waals surface area contributed by atoms with Gasteiger partial charge < -0.3 is 0 Å². The molecule has 0 spiro atoms. The van der Waals surface area contributed by atoms with Crippen LogP contribution in [0.5, 0.6) is 0 Å². The van der Waals surface area contributed by atoms with Gasteiger partial charge in [-0.3, -0.25) is 0 Å². The van der Waals surface area contributed by atoms with Crippen LogP contribution in [0, 0.1) is 11.8 Å². The van der Waals surface area contributed by atoms with E-state index in [1.165, 1.54) is 37.7 Å². The normalized spacial score (nSPS) is 15.3. The highest BCUT2D eigenvalue weighted by Gasteiger charge is 2.00. The Hall–Kier alpha value is -0.700. The predicted molar refractivity (Wildman–Crippen MR) is 56.0 cm³/mol. The number of hydrogen-bond donors (Lipinski definition) is 0. The molecule has 0 radical (unpaired) electrons. The van der Waals surface area contributed by atoms with E-state index in [-0.39, 0.29) is 0 Å². The van der Waals surface area contributed by atoms with Gasteiger partial charge >= 0.3 is 0 Å². The van der Waals surface area contributed by atoms with Crippen molar-refractivity contribution in [2.75, 3.05) is 0 Å². The van der Waals surface area contributed by atoms with Crippen molar-refractivity contribution in [2.45, 2.75) is 52.4 Å². The fraction of sp³-hybridized carbons (Fsp3) is 0.667. The molecule has 0 atom stereocenters. The van der Waals surface area contributed by atoms with Crippen molar-refractivity contribution in [2.24, 2.45) is 0 Å². The lowest BCUT2D eigenvalue weighted by Gasteiger charge is -2.10. The molecule has 0 bridgehead atoms. The summed E-state index contributed by atoms with van der Waals surface area (Å²) in [4.78, 5) is 0. The summed E-state index contributed by atoms with van der Waals surface area (Å²) in [5.41, 5.74) is 1.46. The highest BCUT2D eigenvalue weighted by Crippen LogP contribution is 2.20. The molecule has 1 aliphatic carbocycles. The van der Waals surface area contributed by atoms with Gasteiger partial charge in [0.15, 0.2) is 0 Å². The highest BCUT2D eigenvalue weighted by molar-refractivity contribution is 4.95. The third-order valence-electron chi connectivity index (χ3n) is 1.91. The van der Waals surface area contributed by atoms with E-state index < -0.39 is 0 Å². The molecule has 0 aliphatic heterocycles. The largest absolute Gasteiger partial charge is 0.107 e. The van der Waals surface area contributed by atoms with Crippen LogP contribution in [0.4, 0.5) is 0 Å². The molecule has 0 nitrogen and oxygen atoms in total. The van der Waals surface area contributed by atoms with Crippen molar-refractivity contribution in [1.82, 2.24) is 0 Å². The number of hydrogen-bond acceptors (Lipinski definition) is 0. The SMILES string of the molecule is C=C1CCCCC1.CC#CCC. The minimum atomic E-state index is 0.983. The Kier molecular flexibility index (Phi) is 7.91. The lowest BCUT2D eigenvalue weighted by atomic mass is 9.97. The third-order valence-corrected chi connectivity index (χ3v) is 1.91. The molecule has 1 aliphatic rings. The lowest BCUT2D eigenvalue weighted by Crippen LogP contribution is -1.90. The molecule has 0 heterocycles. The first-order valence-electron chi connectivity index (χ1n) is 4.87. The highest BCUT2D eigenvalue weighted by atomic mass is 14.1. The Bertz CT molecular complexity index is 158. The van der Waals surface area contributed by atoms with Crippen molar-refractivity contribution >= 4 is 0 Å². The minimum absolute atomic E-state index is 0.983. The maximum absolute atomic E-state index is 3.91. The van der Waals surface area contributed by atoms with E-state index in [4.69, 9.17) is 0 Å². The standard InChI is InChI=1S/C7H12.C5H8/c1-7-5-3-2-4-6-7;1-3-5-4-2/h1-6H2;3H2,1-2H3. The van der Waals surface area contributed by atoms with Crippen molar-refractivity contribution in [3.05, 3.63) is 12.2 Å². The van der Waals surface area contributed by atoms with Crippen LogP contribution >= 0.6 is 0 Å². The maximum Gasteiger partial charge on any atom is 0.00601 e. The summed E-state index contributed by atoms with van der Waals surface area (Å²) in [6.45, 7) is 7.80. The van der Waals surface area contributed by atoms with Crippen molar-refractivity contribution in [1.29, 1.82) is 0 Å². The Balaban J connectivity index is 0.000000217. The second-order valence-corrected chi connectivity index (χ2v) is 3.09. The van der Waals surface area contributed by atoms with Crippen LogP contribution in [0.3, 0.4) is 0 Å². The Morgan fingerprint density at radius 2 is 1.83 bits per heavy atom. The summed E-state index contributed by atoms with van der Waals surface area (Å²) in [6.07, 6.45) is 7.77. The zero-order valence-corrected chi connectivity index (χ0v) is 8.45. The van der Waals surface area contributed by atoms with E-state index >= 15 is 0 Å². The molecule has 0 aromatic carbocycles. The Labute approximate surface area is 77.1 Å². The van der Waals surface area contributed by atoms with Gasteiger partial charge in [0.1, 0.15) is 0 Å². The fourth-order valence-corrected chi connectivity index (χ4v) is 1.23. The van der Waals surface area contributed by atoms with Gasteiger partial charge in [0.25, 0.3) is 0 Å². The summed E-state index contributed by atoms with van der Waals surface area (Å²) in [5, 5.41) is 0. The van der Waals surface area contributed by atoms with Crippen LogP contribution in [0.25, 0.3) is 0 Å². The molecule has 1 saturated carbocycles. The second-order valence-electron chi connectivity index (χ2n) is 3.09. The minimum Gasteiger partial charge on any atom is -0.107 e. The number of rotatable bonds is 0. The van der Waals surface area contributed by atoms with Gasteiger partial charge in [0, 0.05) is 6.42 Å². The second kappa shape index (κ2) is 8.40. The summed E-state index contributed by atoms with van der Waals surface area (Å²) in [7, 11) is 0. The smallest absolute Gasteiger partial charge is 0.00601 e. The summed E-state index contributed by atoms with van der Waals surface area (Å²) < 4.78 is 0. The zero-order valence-electron chi connectivity index (χ0n) is 8.45. The monoisotopic (exact) mass is 164 g/mol. The molecule has 0 amide bonds. The van der Waals surface area contributed by atoms with E-state index in [0.29, 0.717) is 0 Å². The Morgan fingerprint density at radius 1 is 1.25 bits per heavy atom. The molecule has 0 heteroatoms. The average molecular weight is 164 g/mol. The van der Waals surface area contributed by atoms with Crippen molar-refractivity contribution < 1.29 is 0 Å². The van der Waals surface area contributed by atoms with E-state index in [1.807, 2.05) is 13.8 Å². The third kappa shape index (κ3) is 7.41. The van der Waals surface area contributed by atoms with Crippen molar-refractivity contribution in [3.8, 4) is 11.8 Å². The topological polar surface area (TPSA) is 0 Å². The molecule has 12 heavy (non-hydrogen) atoms. The molecule has 0 aromatic heterocycles. The molecule has 1 rings (SSSR count). The zero-order chi connectivity index (χ0) is 9.23. The fourth-order valence-electron chi connectivity index (χ4n) is 1.23. The molecular weight excluding hydrogens is 144 g/mol. The molecule has 68 valence electrons. The first-order valence-corrected chi connectivity index (χ1v) is 4.87. The average Bonchev–Trinajstić information content (AvgIpc) is 2.08. The van der Waals surface area contributed by atoms with Crippen LogP contribution in [0.1, 0.15) is 52.4 Å².